The average molecular weight is 304 g/mol. The van der Waals surface area contributed by atoms with E-state index in [-0.39, 0.29) is 0 Å². The van der Waals surface area contributed by atoms with Crippen LogP contribution < -0.4 is 5.73 Å². The minimum Gasteiger partial charge on any atom is -0.326 e. The fourth-order valence-electron chi connectivity index (χ4n) is 1.25. The maximum atomic E-state index is 6.10. The normalized spacial score (nSPS) is 10.8. The summed E-state index contributed by atoms with van der Waals surface area (Å²) in [7, 11) is 0. The monoisotopic (exact) mass is 303 g/mol. The third-order valence-electron chi connectivity index (χ3n) is 2.04. The van der Waals surface area contributed by atoms with Crippen molar-refractivity contribution in [2.45, 2.75) is 20.1 Å². The van der Waals surface area contributed by atoms with E-state index in [0.717, 1.165) is 19.1 Å². The highest BCUT2D eigenvalue weighted by Crippen LogP contribution is 2.36. The van der Waals surface area contributed by atoms with E-state index < -0.39 is 0 Å². The van der Waals surface area contributed by atoms with E-state index >= 15 is 0 Å². The summed E-state index contributed by atoms with van der Waals surface area (Å²) < 4.78 is 1.87. The molecule has 0 aliphatic carbocycles. The van der Waals surface area contributed by atoms with Crippen LogP contribution >= 0.6 is 46.5 Å². The largest absolute Gasteiger partial charge is 0.326 e. The minimum absolute atomic E-state index is 0.427. The summed E-state index contributed by atoms with van der Waals surface area (Å²) in [5.41, 5.74) is 6.66. The Morgan fingerprint density at radius 1 is 1.35 bits per heavy atom. The zero-order valence-electron chi connectivity index (χ0n) is 9.01. The minimum atomic E-state index is 0.427. The molecule has 3 nitrogen and oxygen atoms in total. The molecule has 0 saturated heterocycles. The summed E-state index contributed by atoms with van der Waals surface area (Å²) in [5, 5.41) is 8.87. The second-order valence-electron chi connectivity index (χ2n) is 3.06. The van der Waals surface area contributed by atoms with Crippen LogP contribution in [0.25, 0.3) is 0 Å². The highest BCUT2D eigenvalue weighted by atomic mass is 35.5. The van der Waals surface area contributed by atoms with Crippen LogP contribution in [0, 0.1) is 0 Å². The highest BCUT2D eigenvalue weighted by Gasteiger charge is 2.10. The van der Waals surface area contributed by atoms with Gasteiger partial charge in [-0.2, -0.15) is 0 Å². The third-order valence-corrected chi connectivity index (χ3v) is 5.45. The molecule has 0 unspecified atom stereocenters. The Labute approximate surface area is 117 Å². The van der Waals surface area contributed by atoms with Crippen LogP contribution in [0.1, 0.15) is 5.56 Å². The molecular weight excluding hydrogens is 294 g/mol. The molecule has 0 amide bonds. The number of nitrogens with zero attached hydrogens (tertiary/aromatic N) is 2. The number of nitrogens with two attached hydrogens (primary N) is 1. The van der Waals surface area contributed by atoms with Crippen LogP contribution in [0.2, 0.25) is 5.02 Å². The Balaban J connectivity index is 2.26. The summed E-state index contributed by atoms with van der Waals surface area (Å²) in [6.07, 6.45) is 1.99. The molecule has 1 heterocycles. The molecule has 90 valence electrons. The van der Waals surface area contributed by atoms with Crippen molar-refractivity contribution in [1.29, 1.82) is 0 Å². The lowest BCUT2D eigenvalue weighted by atomic mass is 10.2. The molecule has 2 rings (SSSR count). The zero-order chi connectivity index (χ0) is 12.3. The van der Waals surface area contributed by atoms with Gasteiger partial charge in [0.05, 0.1) is 0 Å². The van der Waals surface area contributed by atoms with Gasteiger partial charge in [0.2, 0.25) is 0 Å². The Hall–Kier alpha value is -0.270. The van der Waals surface area contributed by atoms with E-state index in [1.54, 1.807) is 34.9 Å². The molecule has 0 bridgehead atoms. The van der Waals surface area contributed by atoms with Crippen molar-refractivity contribution in [1.82, 2.24) is 10.2 Å². The van der Waals surface area contributed by atoms with Crippen LogP contribution in [0.5, 0.6) is 0 Å². The Bertz CT molecular complexity index is 515. The smallest absolute Gasteiger partial charge is 0.179 e. The second-order valence-corrected chi connectivity index (χ2v) is 6.79. The van der Waals surface area contributed by atoms with Crippen molar-refractivity contribution in [3.8, 4) is 0 Å². The van der Waals surface area contributed by atoms with Gasteiger partial charge in [0.15, 0.2) is 8.68 Å². The van der Waals surface area contributed by atoms with Gasteiger partial charge in [-0.3, -0.25) is 0 Å². The molecule has 0 radical (unpaired) electrons. The Kier molecular flexibility index (Phi) is 4.69. The Morgan fingerprint density at radius 2 is 2.12 bits per heavy atom. The molecule has 0 saturated carbocycles. The molecule has 0 aliphatic heterocycles. The molecular formula is C10H10ClN3S3. The molecule has 17 heavy (non-hydrogen) atoms. The summed E-state index contributed by atoms with van der Waals surface area (Å²) in [5.74, 6) is 0. The van der Waals surface area contributed by atoms with Crippen molar-refractivity contribution in [2.24, 2.45) is 5.73 Å². The molecule has 0 atom stereocenters. The fourth-order valence-corrected chi connectivity index (χ4v) is 4.12. The van der Waals surface area contributed by atoms with Gasteiger partial charge in [0.1, 0.15) is 0 Å². The van der Waals surface area contributed by atoms with E-state index in [1.807, 2.05) is 24.5 Å². The summed E-state index contributed by atoms with van der Waals surface area (Å²) in [6, 6.07) is 5.76. The van der Waals surface area contributed by atoms with E-state index in [2.05, 4.69) is 10.2 Å². The lowest BCUT2D eigenvalue weighted by molar-refractivity contribution is 0.953. The number of halogens is 1. The summed E-state index contributed by atoms with van der Waals surface area (Å²) in [6.45, 7) is 0.427. The first-order valence-corrected chi connectivity index (χ1v) is 8.01. The molecule has 2 aromatic rings. The van der Waals surface area contributed by atoms with Gasteiger partial charge in [-0.1, -0.05) is 52.5 Å². The van der Waals surface area contributed by atoms with Crippen molar-refractivity contribution in [3.05, 3.63) is 28.8 Å². The van der Waals surface area contributed by atoms with Crippen molar-refractivity contribution in [3.63, 3.8) is 0 Å². The molecule has 0 fully saturated rings. The van der Waals surface area contributed by atoms with Gasteiger partial charge < -0.3 is 5.73 Å². The number of hydrogen-bond acceptors (Lipinski definition) is 6. The lowest BCUT2D eigenvalue weighted by Gasteiger charge is -2.06. The number of hydrogen-bond donors (Lipinski definition) is 1. The van der Waals surface area contributed by atoms with E-state index in [1.165, 1.54) is 0 Å². The van der Waals surface area contributed by atoms with Crippen molar-refractivity contribution in [2.75, 3.05) is 6.26 Å². The number of thioether (sulfide) groups is 1. The van der Waals surface area contributed by atoms with Crippen LogP contribution in [-0.2, 0) is 6.54 Å². The van der Waals surface area contributed by atoms with Crippen LogP contribution in [0.15, 0.2) is 31.8 Å². The van der Waals surface area contributed by atoms with E-state index in [9.17, 15) is 0 Å². The fraction of sp³-hybridized carbons (Fsp3) is 0.200. The number of rotatable bonds is 4. The van der Waals surface area contributed by atoms with Crippen LogP contribution in [0.4, 0.5) is 0 Å². The van der Waals surface area contributed by atoms with Gasteiger partial charge >= 0.3 is 0 Å². The maximum absolute atomic E-state index is 6.10. The molecule has 1 aromatic carbocycles. The standard InChI is InChI=1S/C10H10ClN3S3/c1-15-9-13-14-10(17-9)16-8-4-2-3-7(11)6(8)5-12/h2-4H,5,12H2,1H3. The van der Waals surface area contributed by atoms with Gasteiger partial charge in [-0.25, -0.2) is 0 Å². The zero-order valence-corrected chi connectivity index (χ0v) is 12.2. The molecule has 2 N–H and O–H groups in total. The van der Waals surface area contributed by atoms with E-state index in [4.69, 9.17) is 17.3 Å². The SMILES string of the molecule is CSc1nnc(Sc2cccc(Cl)c2CN)s1. The molecule has 7 heteroatoms. The van der Waals surface area contributed by atoms with Gasteiger partial charge in [0.25, 0.3) is 0 Å². The van der Waals surface area contributed by atoms with Crippen molar-refractivity contribution < 1.29 is 0 Å². The second kappa shape index (κ2) is 6.06. The predicted octanol–water partition coefficient (Wildman–Crippen LogP) is 3.52. The first-order chi connectivity index (χ1) is 8.24. The Morgan fingerprint density at radius 3 is 2.76 bits per heavy atom. The van der Waals surface area contributed by atoms with Crippen LogP contribution in [-0.4, -0.2) is 16.5 Å². The highest BCUT2D eigenvalue weighted by molar-refractivity contribution is 8.03. The lowest BCUT2D eigenvalue weighted by Crippen LogP contribution is -1.99. The molecule has 0 spiro atoms. The summed E-state index contributed by atoms with van der Waals surface area (Å²) >= 11 is 10.8. The van der Waals surface area contributed by atoms with Gasteiger partial charge in [0, 0.05) is 16.5 Å². The number of aromatic nitrogens is 2. The van der Waals surface area contributed by atoms with Crippen molar-refractivity contribution >= 4 is 46.5 Å². The van der Waals surface area contributed by atoms with Crippen LogP contribution in [0.3, 0.4) is 0 Å². The average Bonchev–Trinajstić information content (AvgIpc) is 2.77. The van der Waals surface area contributed by atoms with Gasteiger partial charge in [-0.05, 0) is 24.0 Å². The van der Waals surface area contributed by atoms with Gasteiger partial charge in [-0.15, -0.1) is 10.2 Å². The summed E-state index contributed by atoms with van der Waals surface area (Å²) in [4.78, 5) is 1.05. The quantitative estimate of drug-likeness (QED) is 0.876. The molecule has 1 aromatic heterocycles. The topological polar surface area (TPSA) is 51.8 Å². The number of benzene rings is 1. The molecule has 0 aliphatic rings. The first-order valence-electron chi connectivity index (χ1n) is 4.77. The van der Waals surface area contributed by atoms with E-state index in [0.29, 0.717) is 11.6 Å². The first kappa shape index (κ1) is 13.2. The maximum Gasteiger partial charge on any atom is 0.179 e. The predicted molar refractivity (Wildman–Crippen MR) is 75.2 cm³/mol. The third kappa shape index (κ3) is 3.14.